The van der Waals surface area contributed by atoms with Crippen LogP contribution in [-0.4, -0.2) is 55.6 Å². The predicted octanol–water partition coefficient (Wildman–Crippen LogP) is 2.38. The molecular weight excluding hydrogens is 452 g/mol. The lowest BCUT2D eigenvalue weighted by atomic mass is 9.82. The molecule has 0 saturated carbocycles. The van der Waals surface area contributed by atoms with Gasteiger partial charge < -0.3 is 25.1 Å². The minimum absolute atomic E-state index is 0.0112. The zero-order valence-electron chi connectivity index (χ0n) is 18.9. The van der Waals surface area contributed by atoms with Crippen molar-refractivity contribution in [3.63, 3.8) is 0 Å². The zero-order chi connectivity index (χ0) is 24.7. The highest BCUT2D eigenvalue weighted by atomic mass is 16.4. The number of carboxylic acids is 2. The lowest BCUT2D eigenvalue weighted by Crippen LogP contribution is -2.49. The third kappa shape index (κ3) is 4.44. The van der Waals surface area contributed by atoms with Crippen LogP contribution in [0, 0.1) is 5.92 Å². The number of carboxylic acid groups (broad SMARTS) is 2. The van der Waals surface area contributed by atoms with E-state index in [1.165, 1.54) is 0 Å². The Balaban J connectivity index is 1.40. The highest BCUT2D eigenvalue weighted by Crippen LogP contribution is 2.39. The van der Waals surface area contributed by atoms with Gasteiger partial charge in [0.05, 0.1) is 6.42 Å². The van der Waals surface area contributed by atoms with Crippen LogP contribution in [0.15, 0.2) is 47.4 Å². The van der Waals surface area contributed by atoms with Gasteiger partial charge in [0.15, 0.2) is 0 Å². The third-order valence-electron chi connectivity index (χ3n) is 6.97. The van der Waals surface area contributed by atoms with E-state index in [0.717, 1.165) is 17.5 Å². The van der Waals surface area contributed by atoms with Crippen LogP contribution < -0.4 is 10.9 Å². The van der Waals surface area contributed by atoms with Crippen molar-refractivity contribution >= 4 is 34.4 Å². The number of carbonyl (C=O) groups is 3. The number of nitrogens with zero attached hydrogens (tertiary/aromatic N) is 2. The number of pyridine rings is 1. The summed E-state index contributed by atoms with van der Waals surface area (Å²) >= 11 is 0. The monoisotopic (exact) mass is 478 g/mol. The molecule has 3 atom stereocenters. The Labute approximate surface area is 200 Å². The number of rotatable bonds is 7. The summed E-state index contributed by atoms with van der Waals surface area (Å²) < 4.78 is 1.82. The molecule has 4 N–H and O–H groups in total. The highest BCUT2D eigenvalue weighted by Gasteiger charge is 2.40. The van der Waals surface area contributed by atoms with Gasteiger partial charge in [0.1, 0.15) is 6.04 Å². The van der Waals surface area contributed by atoms with Crippen molar-refractivity contribution < 1.29 is 24.6 Å². The van der Waals surface area contributed by atoms with Gasteiger partial charge in [0.2, 0.25) is 5.91 Å². The van der Waals surface area contributed by atoms with Crippen LogP contribution in [0.25, 0.3) is 10.9 Å². The van der Waals surface area contributed by atoms with Crippen molar-refractivity contribution in [2.24, 2.45) is 5.92 Å². The second kappa shape index (κ2) is 9.03. The van der Waals surface area contributed by atoms with Gasteiger partial charge in [-0.3, -0.25) is 24.1 Å². The van der Waals surface area contributed by atoms with E-state index in [1.807, 2.05) is 15.5 Å². The van der Waals surface area contributed by atoms with Crippen molar-refractivity contribution in [2.45, 2.75) is 37.8 Å². The lowest BCUT2D eigenvalue weighted by molar-refractivity contribution is -0.145. The van der Waals surface area contributed by atoms with Crippen molar-refractivity contribution in [1.29, 1.82) is 0 Å². The number of benzene rings is 1. The Bertz CT molecular complexity index is 1380. The summed E-state index contributed by atoms with van der Waals surface area (Å²) in [7, 11) is 0. The number of anilines is 1. The van der Waals surface area contributed by atoms with E-state index < -0.39 is 23.9 Å². The minimum Gasteiger partial charge on any atom is -0.481 e. The van der Waals surface area contributed by atoms with Crippen LogP contribution in [-0.2, 0) is 20.9 Å². The van der Waals surface area contributed by atoms with E-state index >= 15 is 0 Å². The first-order chi connectivity index (χ1) is 16.8. The van der Waals surface area contributed by atoms with E-state index in [2.05, 4.69) is 10.3 Å². The Morgan fingerprint density at radius 1 is 1.09 bits per heavy atom. The number of hydrogen-bond donors (Lipinski definition) is 4. The van der Waals surface area contributed by atoms with Crippen molar-refractivity contribution in [3.8, 4) is 0 Å². The summed E-state index contributed by atoms with van der Waals surface area (Å²) in [6.45, 7) is 1.72. The molecule has 0 radical (unpaired) electrons. The fourth-order valence-corrected chi connectivity index (χ4v) is 5.53. The van der Waals surface area contributed by atoms with Gasteiger partial charge >= 0.3 is 11.9 Å². The molecule has 35 heavy (non-hydrogen) atoms. The number of aromatic amines is 1. The quantitative estimate of drug-likeness (QED) is 0.408. The van der Waals surface area contributed by atoms with Gasteiger partial charge in [-0.05, 0) is 30.5 Å². The summed E-state index contributed by atoms with van der Waals surface area (Å²) in [5.74, 6) is -2.10. The standard InChI is InChI=1S/C25H26N4O6/c30-21(6-7-23(32)33)27-16-4-5-17-18(10-26-19(17)9-16)24(25(34)35)28-11-14-8-15(13-28)20-2-1-3-22(31)29(20)12-14/h1-5,9-10,14-15,24,26H,6-8,11-13H2,(H,27,30)(H,32,33)(H,34,35)/t14-,15+,24?/m1/s1. The van der Waals surface area contributed by atoms with Gasteiger partial charge in [-0.1, -0.05) is 12.1 Å². The fourth-order valence-electron chi connectivity index (χ4n) is 5.53. The first-order valence-electron chi connectivity index (χ1n) is 11.6. The third-order valence-corrected chi connectivity index (χ3v) is 6.97. The van der Waals surface area contributed by atoms with Crippen molar-refractivity contribution in [3.05, 3.63) is 64.2 Å². The number of nitrogens with one attached hydrogen (secondary N) is 2. The molecule has 10 nitrogen and oxygen atoms in total. The number of fused-ring (bicyclic) bond motifs is 5. The Hall–Kier alpha value is -3.92. The summed E-state index contributed by atoms with van der Waals surface area (Å²) in [5, 5.41) is 22.4. The number of likely N-dealkylation sites (tertiary alicyclic amines) is 1. The molecule has 1 fully saturated rings. The van der Waals surface area contributed by atoms with Gasteiger partial charge in [0, 0.05) is 72.1 Å². The molecule has 2 bridgehead atoms. The van der Waals surface area contributed by atoms with E-state index in [-0.39, 0.29) is 30.2 Å². The lowest BCUT2D eigenvalue weighted by Gasteiger charge is -2.44. The molecule has 0 spiro atoms. The molecule has 1 aromatic carbocycles. The van der Waals surface area contributed by atoms with E-state index in [9.17, 15) is 24.3 Å². The van der Waals surface area contributed by atoms with Gasteiger partial charge in [0.25, 0.3) is 5.56 Å². The largest absolute Gasteiger partial charge is 0.481 e. The Morgan fingerprint density at radius 2 is 1.91 bits per heavy atom. The van der Waals surface area contributed by atoms with Crippen LogP contribution in [0.1, 0.15) is 42.5 Å². The van der Waals surface area contributed by atoms with Gasteiger partial charge in [-0.2, -0.15) is 0 Å². The molecule has 1 unspecified atom stereocenters. The maximum atomic E-state index is 12.5. The number of aromatic nitrogens is 2. The molecule has 5 rings (SSSR count). The summed E-state index contributed by atoms with van der Waals surface area (Å²) in [6.07, 6.45) is 2.25. The van der Waals surface area contributed by atoms with Gasteiger partial charge in [-0.25, -0.2) is 0 Å². The van der Waals surface area contributed by atoms with Crippen molar-refractivity contribution in [2.75, 3.05) is 18.4 Å². The molecule has 4 heterocycles. The number of piperidine rings is 1. The average molecular weight is 479 g/mol. The normalized spacial score (nSPS) is 20.2. The summed E-state index contributed by atoms with van der Waals surface area (Å²) in [4.78, 5) is 52.6. The molecule has 10 heteroatoms. The molecule has 2 aliphatic rings. The topological polar surface area (TPSA) is 145 Å². The zero-order valence-corrected chi connectivity index (χ0v) is 18.9. The summed E-state index contributed by atoms with van der Waals surface area (Å²) in [5.41, 5.74) is 2.77. The Kier molecular flexibility index (Phi) is 5.89. The smallest absolute Gasteiger partial charge is 0.325 e. The predicted molar refractivity (Wildman–Crippen MR) is 127 cm³/mol. The molecule has 2 aliphatic heterocycles. The SMILES string of the molecule is O=C(O)CCC(=O)Nc1ccc2c(C(C(=O)O)N3C[C@H]4C[C@@H](C3)c3cccc(=O)n3C4)c[nH]c2c1. The average Bonchev–Trinajstić information content (AvgIpc) is 3.21. The molecule has 1 saturated heterocycles. The van der Waals surface area contributed by atoms with Gasteiger partial charge in [-0.15, -0.1) is 0 Å². The number of aliphatic carboxylic acids is 2. The van der Waals surface area contributed by atoms with Crippen LogP contribution in [0.5, 0.6) is 0 Å². The summed E-state index contributed by atoms with van der Waals surface area (Å²) in [6, 6.07) is 9.60. The van der Waals surface area contributed by atoms with Crippen LogP contribution in [0.4, 0.5) is 5.69 Å². The highest BCUT2D eigenvalue weighted by molar-refractivity contribution is 5.96. The maximum Gasteiger partial charge on any atom is 0.325 e. The number of hydrogen-bond acceptors (Lipinski definition) is 5. The van der Waals surface area contributed by atoms with Crippen LogP contribution >= 0.6 is 0 Å². The molecule has 1 amide bonds. The molecule has 0 aliphatic carbocycles. The van der Waals surface area contributed by atoms with E-state index in [1.54, 1.807) is 36.5 Å². The van der Waals surface area contributed by atoms with E-state index in [0.29, 0.717) is 36.4 Å². The molecule has 2 aromatic heterocycles. The second-order valence-corrected chi connectivity index (χ2v) is 9.34. The number of H-pyrrole nitrogens is 1. The fraction of sp³-hybridized carbons (Fsp3) is 0.360. The minimum atomic E-state index is -1.04. The maximum absolute atomic E-state index is 12.5. The Morgan fingerprint density at radius 3 is 2.69 bits per heavy atom. The number of carbonyl (C=O) groups excluding carboxylic acids is 1. The van der Waals surface area contributed by atoms with Crippen LogP contribution in [0.2, 0.25) is 0 Å². The molecule has 3 aromatic rings. The number of amides is 1. The van der Waals surface area contributed by atoms with E-state index in [4.69, 9.17) is 5.11 Å². The first-order valence-corrected chi connectivity index (χ1v) is 11.6. The molecule has 182 valence electrons. The van der Waals surface area contributed by atoms with Crippen molar-refractivity contribution in [1.82, 2.24) is 14.5 Å². The molecular formula is C25H26N4O6. The first kappa shape index (κ1) is 22.9. The van der Waals surface area contributed by atoms with Crippen LogP contribution in [0.3, 0.4) is 0 Å². The second-order valence-electron chi connectivity index (χ2n) is 9.34.